The maximum Gasteiger partial charge on any atom is 0.326 e. The van der Waals surface area contributed by atoms with Crippen LogP contribution in [0.2, 0.25) is 0 Å². The first kappa shape index (κ1) is 49.0. The minimum Gasteiger partial charge on any atom is -0.480 e. The fourth-order valence-corrected chi connectivity index (χ4v) is 6.60. The maximum absolute atomic E-state index is 13.1. The molecule has 2 aromatic heterocycles. The second-order valence-corrected chi connectivity index (χ2v) is 15.8. The number of benzene rings is 2. The minimum atomic E-state index is -1.23. The van der Waals surface area contributed by atoms with E-state index in [0.29, 0.717) is 41.8 Å². The Bertz CT molecular complexity index is 2460. The number of nitrogens with one attached hydrogen (secondary N) is 6. The number of aliphatic carboxylic acids is 1. The van der Waals surface area contributed by atoms with E-state index < -0.39 is 47.7 Å². The van der Waals surface area contributed by atoms with Gasteiger partial charge in [0.25, 0.3) is 23.6 Å². The molecular formula is C44H53N13O9. The zero-order chi connectivity index (χ0) is 47.9. The molecule has 2 aromatic carbocycles. The number of carbonyl (C=O) groups is 8. The van der Waals surface area contributed by atoms with Gasteiger partial charge in [0, 0.05) is 54.2 Å². The second-order valence-electron chi connectivity index (χ2n) is 15.8. The lowest BCUT2D eigenvalue weighted by Gasteiger charge is -2.24. The molecule has 5 rings (SSSR count). The number of imide groups is 1. The zero-order valence-corrected chi connectivity index (χ0v) is 36.6. The number of hydrogen-bond acceptors (Lipinski definition) is 15. The van der Waals surface area contributed by atoms with Gasteiger partial charge in [-0.05, 0) is 87.1 Å². The number of fused-ring (bicyclic) bond motifs is 1. The number of nitrogens with two attached hydrogens (primary N) is 2. The molecule has 66 heavy (non-hydrogen) atoms. The predicted molar refractivity (Wildman–Crippen MR) is 242 cm³/mol. The van der Waals surface area contributed by atoms with Gasteiger partial charge in [-0.1, -0.05) is 20.3 Å². The Morgan fingerprint density at radius 1 is 0.742 bits per heavy atom. The van der Waals surface area contributed by atoms with Crippen LogP contribution in [-0.4, -0.2) is 108 Å². The molecule has 0 saturated carbocycles. The third-order valence-electron chi connectivity index (χ3n) is 10.3. The average molecular weight is 908 g/mol. The Labute approximate surface area is 379 Å². The summed E-state index contributed by atoms with van der Waals surface area (Å²) in [5.74, 6) is -4.57. The number of carboxylic acids is 1. The Balaban J connectivity index is 0.987. The predicted octanol–water partition coefficient (Wildman–Crippen LogP) is 1.66. The van der Waals surface area contributed by atoms with E-state index in [9.17, 15) is 43.5 Å². The van der Waals surface area contributed by atoms with Gasteiger partial charge in [0.05, 0.1) is 18.4 Å². The number of amides is 7. The molecule has 0 bridgehead atoms. The zero-order valence-electron chi connectivity index (χ0n) is 36.6. The van der Waals surface area contributed by atoms with E-state index in [4.69, 9.17) is 11.5 Å². The van der Waals surface area contributed by atoms with Crippen LogP contribution in [0, 0.1) is 5.92 Å². The van der Waals surface area contributed by atoms with Crippen molar-refractivity contribution >= 4 is 81.6 Å². The molecule has 348 valence electrons. The highest BCUT2D eigenvalue weighted by Crippen LogP contribution is 2.17. The van der Waals surface area contributed by atoms with Crippen molar-refractivity contribution in [3.63, 3.8) is 0 Å². The summed E-state index contributed by atoms with van der Waals surface area (Å²) in [6, 6.07) is 9.29. The molecule has 7 amide bonds. The first-order chi connectivity index (χ1) is 31.5. The molecule has 0 unspecified atom stereocenters. The van der Waals surface area contributed by atoms with Crippen molar-refractivity contribution in [3.05, 3.63) is 83.7 Å². The van der Waals surface area contributed by atoms with Crippen LogP contribution in [0.25, 0.3) is 11.2 Å². The summed E-state index contributed by atoms with van der Waals surface area (Å²) in [5.41, 5.74) is 14.2. The van der Waals surface area contributed by atoms with Crippen LogP contribution in [0.4, 0.5) is 23.1 Å². The topological polar surface area (TPSA) is 336 Å². The van der Waals surface area contributed by atoms with Gasteiger partial charge in [0.1, 0.15) is 18.1 Å². The number of anilines is 4. The van der Waals surface area contributed by atoms with Gasteiger partial charge in [-0.3, -0.25) is 38.5 Å². The molecule has 22 nitrogen and oxygen atoms in total. The Kier molecular flexibility index (Phi) is 17.1. The lowest BCUT2D eigenvalue weighted by molar-refractivity contribution is -0.139. The van der Waals surface area contributed by atoms with Crippen LogP contribution in [0.5, 0.6) is 0 Å². The van der Waals surface area contributed by atoms with Gasteiger partial charge in [0.2, 0.25) is 23.7 Å². The van der Waals surface area contributed by atoms with Crippen LogP contribution in [0.1, 0.15) is 85.7 Å². The fourth-order valence-electron chi connectivity index (χ4n) is 6.60. The number of nitrogen functional groups attached to an aromatic ring is 2. The van der Waals surface area contributed by atoms with Crippen molar-refractivity contribution in [1.29, 1.82) is 0 Å². The van der Waals surface area contributed by atoms with E-state index >= 15 is 0 Å². The van der Waals surface area contributed by atoms with Gasteiger partial charge >= 0.3 is 5.97 Å². The van der Waals surface area contributed by atoms with E-state index in [1.165, 1.54) is 49.5 Å². The SMILES string of the molecule is CC(C)[C@H](NC(=O)CCCCCN1C(=O)C=CC1=O)C(=O)N[C@@H](C)C(=O)Nc1ccc(C(=O)NCCC[C@H](NC(=O)c2ccc(NCc3cnc4nc(N)nc(N)c4n3)cc2)C(=O)O)cc1. The first-order valence-corrected chi connectivity index (χ1v) is 21.2. The number of carboxylic acid groups (broad SMARTS) is 1. The molecule has 1 aliphatic heterocycles. The van der Waals surface area contributed by atoms with Crippen molar-refractivity contribution in [2.45, 2.75) is 84.0 Å². The quantitative estimate of drug-likeness (QED) is 0.0377. The standard InChI is InChI=1S/C44H53N13O9/c1-24(2)35(54-32(58)9-5-4-6-21-57-33(59)18-19-34(57)60)42(64)50-25(3)39(61)52-29-16-12-26(13-17-29)40(62)47-20-7-8-31(43(65)66)53-41(63)27-10-14-28(15-11-27)48-22-30-23-49-38-36(51-30)37(45)55-44(46)56-38/h10-19,23-25,31,35,48H,4-9,20-22H2,1-3H3,(H,47,62)(H,50,64)(H,52,61)(H,53,63)(H,54,58)(H,65,66)(H4,45,46,49,55,56)/t25-,31-,35-/m0/s1. The molecule has 3 heterocycles. The van der Waals surface area contributed by atoms with Crippen LogP contribution in [-0.2, 0) is 35.3 Å². The van der Waals surface area contributed by atoms with Crippen molar-refractivity contribution < 1.29 is 43.5 Å². The minimum absolute atomic E-state index is 0.00762. The first-order valence-electron chi connectivity index (χ1n) is 21.2. The molecule has 0 saturated heterocycles. The lowest BCUT2D eigenvalue weighted by atomic mass is 10.0. The fraction of sp³-hybridized carbons (Fsp3) is 0.364. The normalized spacial score (nSPS) is 13.5. The largest absolute Gasteiger partial charge is 0.480 e. The summed E-state index contributed by atoms with van der Waals surface area (Å²) in [6.45, 7) is 5.67. The Morgan fingerprint density at radius 3 is 2.05 bits per heavy atom. The molecule has 3 atom stereocenters. The van der Waals surface area contributed by atoms with Crippen molar-refractivity contribution in [3.8, 4) is 0 Å². The number of nitrogens with zero attached hydrogens (tertiary/aromatic N) is 5. The Morgan fingerprint density at radius 2 is 1.39 bits per heavy atom. The highest BCUT2D eigenvalue weighted by atomic mass is 16.4. The smallest absolute Gasteiger partial charge is 0.326 e. The summed E-state index contributed by atoms with van der Waals surface area (Å²) in [7, 11) is 0. The monoisotopic (exact) mass is 907 g/mol. The van der Waals surface area contributed by atoms with Crippen molar-refractivity contribution in [2.24, 2.45) is 5.92 Å². The Hall–Kier alpha value is -8.04. The molecule has 11 N–H and O–H groups in total. The van der Waals surface area contributed by atoms with Crippen LogP contribution >= 0.6 is 0 Å². The third kappa shape index (κ3) is 14.0. The van der Waals surface area contributed by atoms with E-state index in [2.05, 4.69) is 51.8 Å². The summed E-state index contributed by atoms with van der Waals surface area (Å²) >= 11 is 0. The van der Waals surface area contributed by atoms with Crippen molar-refractivity contribution in [1.82, 2.24) is 46.1 Å². The number of hydrogen-bond donors (Lipinski definition) is 9. The molecule has 1 aliphatic rings. The molecule has 0 radical (unpaired) electrons. The summed E-state index contributed by atoms with van der Waals surface area (Å²) in [5, 5.41) is 26.2. The maximum atomic E-state index is 13.1. The summed E-state index contributed by atoms with van der Waals surface area (Å²) in [4.78, 5) is 117. The molecule has 0 aliphatic carbocycles. The van der Waals surface area contributed by atoms with E-state index in [-0.39, 0.29) is 91.1 Å². The van der Waals surface area contributed by atoms with Gasteiger partial charge < -0.3 is 48.5 Å². The molecule has 0 fully saturated rings. The second kappa shape index (κ2) is 23.1. The number of aromatic nitrogens is 4. The summed E-state index contributed by atoms with van der Waals surface area (Å²) in [6.07, 6.45) is 6.01. The highest BCUT2D eigenvalue weighted by Gasteiger charge is 2.28. The molecule has 22 heteroatoms. The van der Waals surface area contributed by atoms with E-state index in [1.807, 2.05) is 0 Å². The van der Waals surface area contributed by atoms with Gasteiger partial charge in [-0.15, -0.1) is 0 Å². The molecule has 0 spiro atoms. The molecule has 4 aromatic rings. The van der Waals surface area contributed by atoms with Crippen LogP contribution in [0.15, 0.2) is 66.9 Å². The molecular weight excluding hydrogens is 855 g/mol. The van der Waals surface area contributed by atoms with Crippen LogP contribution < -0.4 is 43.4 Å². The van der Waals surface area contributed by atoms with Crippen molar-refractivity contribution in [2.75, 3.05) is 35.2 Å². The van der Waals surface area contributed by atoms with Gasteiger partial charge in [-0.2, -0.15) is 9.97 Å². The number of carbonyl (C=O) groups excluding carboxylic acids is 7. The highest BCUT2D eigenvalue weighted by molar-refractivity contribution is 6.12. The van der Waals surface area contributed by atoms with E-state index in [0.717, 1.165) is 4.90 Å². The third-order valence-corrected chi connectivity index (χ3v) is 10.3. The number of rotatable bonds is 23. The van der Waals surface area contributed by atoms with Gasteiger partial charge in [0.15, 0.2) is 17.0 Å². The van der Waals surface area contributed by atoms with E-state index in [1.54, 1.807) is 38.1 Å². The number of unbranched alkanes of at least 4 members (excludes halogenated alkanes) is 2. The average Bonchev–Trinajstić information content (AvgIpc) is 3.60. The summed E-state index contributed by atoms with van der Waals surface area (Å²) < 4.78 is 0. The van der Waals surface area contributed by atoms with Gasteiger partial charge in [-0.25, -0.2) is 14.8 Å². The van der Waals surface area contributed by atoms with Crippen LogP contribution in [0.3, 0.4) is 0 Å². The lowest BCUT2D eigenvalue weighted by Crippen LogP contribution is -2.53.